The van der Waals surface area contributed by atoms with E-state index in [2.05, 4.69) is 32.9 Å². The number of halogens is 1. The van der Waals surface area contributed by atoms with E-state index in [4.69, 9.17) is 0 Å². The second kappa shape index (κ2) is 7.22. The van der Waals surface area contributed by atoms with E-state index < -0.39 is 10.0 Å². The largest absolute Gasteiger partial charge is 0.316 e. The first kappa shape index (κ1) is 16.9. The summed E-state index contributed by atoms with van der Waals surface area (Å²) in [6.07, 6.45) is 4.14. The van der Waals surface area contributed by atoms with E-state index in [1.807, 2.05) is 19.2 Å². The summed E-state index contributed by atoms with van der Waals surface area (Å²) in [7, 11) is -1.60. The standard InChI is InChI=1S/C15H23BrN2O2S/c1-11-4-3-5-13(8-11)18-21(19,20)15-7-6-12(10-17-2)9-14(15)16/h6-7,9,11,13,17-18H,3-5,8,10H2,1-2H3. The summed E-state index contributed by atoms with van der Waals surface area (Å²) >= 11 is 3.38. The fourth-order valence-corrected chi connectivity index (χ4v) is 5.31. The minimum Gasteiger partial charge on any atom is -0.316 e. The first-order valence-electron chi connectivity index (χ1n) is 7.37. The number of hydrogen-bond acceptors (Lipinski definition) is 3. The van der Waals surface area contributed by atoms with Crippen LogP contribution in [0.2, 0.25) is 0 Å². The van der Waals surface area contributed by atoms with Gasteiger partial charge in [0.15, 0.2) is 0 Å². The van der Waals surface area contributed by atoms with Crippen LogP contribution >= 0.6 is 15.9 Å². The maximum atomic E-state index is 12.5. The van der Waals surface area contributed by atoms with Gasteiger partial charge in [-0.2, -0.15) is 0 Å². The number of rotatable bonds is 5. The van der Waals surface area contributed by atoms with Crippen LogP contribution in [-0.2, 0) is 16.6 Å². The van der Waals surface area contributed by atoms with E-state index in [1.54, 1.807) is 6.07 Å². The van der Waals surface area contributed by atoms with Gasteiger partial charge in [0.05, 0.1) is 4.90 Å². The quantitative estimate of drug-likeness (QED) is 0.832. The van der Waals surface area contributed by atoms with Crippen molar-refractivity contribution in [2.45, 2.75) is 50.1 Å². The molecule has 0 spiro atoms. The Kier molecular flexibility index (Phi) is 5.82. The molecule has 2 atom stereocenters. The Labute approximate surface area is 135 Å². The molecule has 6 heteroatoms. The van der Waals surface area contributed by atoms with E-state index in [1.165, 1.54) is 6.42 Å². The van der Waals surface area contributed by atoms with Crippen molar-refractivity contribution in [3.63, 3.8) is 0 Å². The average Bonchev–Trinajstić information content (AvgIpc) is 2.38. The Morgan fingerprint density at radius 3 is 2.71 bits per heavy atom. The zero-order chi connectivity index (χ0) is 15.5. The lowest BCUT2D eigenvalue weighted by molar-refractivity contribution is 0.327. The normalized spacial score (nSPS) is 23.2. The maximum absolute atomic E-state index is 12.5. The highest BCUT2D eigenvalue weighted by molar-refractivity contribution is 9.10. The molecule has 2 N–H and O–H groups in total. The average molecular weight is 375 g/mol. The molecule has 2 unspecified atom stereocenters. The molecular weight excluding hydrogens is 352 g/mol. The molecule has 0 amide bonds. The molecule has 0 saturated heterocycles. The SMILES string of the molecule is CNCc1ccc(S(=O)(=O)NC2CCCC(C)C2)c(Br)c1. The lowest BCUT2D eigenvalue weighted by atomic mass is 9.88. The van der Waals surface area contributed by atoms with E-state index in [0.29, 0.717) is 21.8 Å². The third kappa shape index (κ3) is 4.52. The van der Waals surface area contributed by atoms with Crippen LogP contribution < -0.4 is 10.0 Å². The van der Waals surface area contributed by atoms with Crippen molar-refractivity contribution >= 4 is 26.0 Å². The zero-order valence-corrected chi connectivity index (χ0v) is 14.9. The second-order valence-electron chi connectivity index (χ2n) is 5.89. The predicted molar refractivity (Wildman–Crippen MR) is 88.6 cm³/mol. The molecule has 0 aliphatic heterocycles. The van der Waals surface area contributed by atoms with Crippen molar-refractivity contribution in [1.29, 1.82) is 0 Å². The van der Waals surface area contributed by atoms with Crippen LogP contribution in [0.3, 0.4) is 0 Å². The molecule has 0 bridgehead atoms. The molecule has 1 saturated carbocycles. The van der Waals surface area contributed by atoms with Crippen molar-refractivity contribution < 1.29 is 8.42 Å². The molecule has 0 aromatic heterocycles. The highest BCUT2D eigenvalue weighted by atomic mass is 79.9. The zero-order valence-electron chi connectivity index (χ0n) is 12.5. The summed E-state index contributed by atoms with van der Waals surface area (Å²) in [5, 5.41) is 3.05. The first-order valence-corrected chi connectivity index (χ1v) is 9.65. The van der Waals surface area contributed by atoms with E-state index >= 15 is 0 Å². The van der Waals surface area contributed by atoms with Gasteiger partial charge in [-0.15, -0.1) is 0 Å². The van der Waals surface area contributed by atoms with Crippen molar-refractivity contribution in [3.8, 4) is 0 Å². The third-order valence-electron chi connectivity index (χ3n) is 3.92. The molecule has 1 fully saturated rings. The smallest absolute Gasteiger partial charge is 0.241 e. The minimum absolute atomic E-state index is 0.0580. The van der Waals surface area contributed by atoms with Gasteiger partial charge in [-0.3, -0.25) is 0 Å². The monoisotopic (exact) mass is 374 g/mol. The van der Waals surface area contributed by atoms with E-state index in [-0.39, 0.29) is 6.04 Å². The maximum Gasteiger partial charge on any atom is 0.241 e. The minimum atomic E-state index is -3.46. The van der Waals surface area contributed by atoms with Crippen molar-refractivity contribution in [2.75, 3.05) is 7.05 Å². The Hall–Kier alpha value is -0.430. The summed E-state index contributed by atoms with van der Waals surface area (Å²) in [6, 6.07) is 5.43. The summed E-state index contributed by atoms with van der Waals surface area (Å²) in [6.45, 7) is 2.90. The van der Waals surface area contributed by atoms with Gasteiger partial charge in [0, 0.05) is 17.1 Å². The van der Waals surface area contributed by atoms with Gasteiger partial charge in [0.1, 0.15) is 0 Å². The van der Waals surface area contributed by atoms with Crippen molar-refractivity contribution in [1.82, 2.24) is 10.0 Å². The van der Waals surface area contributed by atoms with E-state index in [0.717, 1.165) is 24.8 Å². The Morgan fingerprint density at radius 1 is 1.33 bits per heavy atom. The van der Waals surface area contributed by atoms with Gasteiger partial charge < -0.3 is 5.32 Å². The number of nitrogens with one attached hydrogen (secondary N) is 2. The molecule has 1 aliphatic rings. The van der Waals surface area contributed by atoms with Crippen molar-refractivity contribution in [3.05, 3.63) is 28.2 Å². The van der Waals surface area contributed by atoms with Crippen LogP contribution in [0, 0.1) is 5.92 Å². The third-order valence-corrected chi connectivity index (χ3v) is 6.42. The van der Waals surface area contributed by atoms with Gasteiger partial charge >= 0.3 is 0 Å². The lowest BCUT2D eigenvalue weighted by Gasteiger charge is -2.27. The molecule has 1 aromatic carbocycles. The predicted octanol–water partition coefficient (Wildman–Crippen LogP) is 3.03. The Morgan fingerprint density at radius 2 is 2.10 bits per heavy atom. The van der Waals surface area contributed by atoms with Gasteiger partial charge in [-0.05, 0) is 59.4 Å². The fraction of sp³-hybridized carbons (Fsp3) is 0.600. The number of hydrogen-bond donors (Lipinski definition) is 2. The summed E-state index contributed by atoms with van der Waals surface area (Å²) in [4.78, 5) is 0.320. The molecule has 0 heterocycles. The Balaban J connectivity index is 2.15. The molecule has 2 rings (SSSR count). The molecule has 21 heavy (non-hydrogen) atoms. The van der Waals surface area contributed by atoms with Crippen LogP contribution in [0.1, 0.15) is 38.2 Å². The summed E-state index contributed by atoms with van der Waals surface area (Å²) in [5.74, 6) is 0.591. The molecule has 1 aliphatic carbocycles. The Bertz CT molecular complexity index is 589. The van der Waals surface area contributed by atoms with Gasteiger partial charge in [-0.1, -0.05) is 25.8 Å². The van der Waals surface area contributed by atoms with Gasteiger partial charge in [-0.25, -0.2) is 13.1 Å². The van der Waals surface area contributed by atoms with Gasteiger partial charge in [0.25, 0.3) is 0 Å². The van der Waals surface area contributed by atoms with Gasteiger partial charge in [0.2, 0.25) is 10.0 Å². The molecule has 4 nitrogen and oxygen atoms in total. The summed E-state index contributed by atoms with van der Waals surface area (Å²) < 4.78 is 28.6. The van der Waals surface area contributed by atoms with Crippen LogP contribution in [0.4, 0.5) is 0 Å². The fourth-order valence-electron chi connectivity index (χ4n) is 2.90. The van der Waals surface area contributed by atoms with Crippen molar-refractivity contribution in [2.24, 2.45) is 5.92 Å². The first-order chi connectivity index (χ1) is 9.92. The molecule has 0 radical (unpaired) electrons. The van der Waals surface area contributed by atoms with E-state index in [9.17, 15) is 8.42 Å². The molecular formula is C15H23BrN2O2S. The highest BCUT2D eigenvalue weighted by Gasteiger charge is 2.25. The number of benzene rings is 1. The highest BCUT2D eigenvalue weighted by Crippen LogP contribution is 2.27. The molecule has 1 aromatic rings. The van der Waals surface area contributed by atoms with Crippen LogP contribution in [-0.4, -0.2) is 21.5 Å². The van der Waals surface area contributed by atoms with Crippen LogP contribution in [0.25, 0.3) is 0 Å². The number of sulfonamides is 1. The van der Waals surface area contributed by atoms with Crippen LogP contribution in [0.15, 0.2) is 27.6 Å². The second-order valence-corrected chi connectivity index (χ2v) is 8.42. The summed E-state index contributed by atoms with van der Waals surface area (Å²) in [5.41, 5.74) is 1.05. The topological polar surface area (TPSA) is 58.2 Å². The lowest BCUT2D eigenvalue weighted by Crippen LogP contribution is -2.38. The molecule has 118 valence electrons. The van der Waals surface area contributed by atoms with Crippen LogP contribution in [0.5, 0.6) is 0 Å².